The van der Waals surface area contributed by atoms with Crippen molar-refractivity contribution in [2.24, 2.45) is 0 Å². The molecule has 99 heavy (non-hydrogen) atoms. The van der Waals surface area contributed by atoms with E-state index in [2.05, 4.69) is 245 Å². The molecule has 0 amide bonds. The van der Waals surface area contributed by atoms with Crippen molar-refractivity contribution in [3.8, 4) is 0 Å². The first kappa shape index (κ1) is 95.8. The number of piperazine rings is 3. The van der Waals surface area contributed by atoms with Crippen molar-refractivity contribution >= 4 is 0 Å². The molecule has 0 aromatic heterocycles. The third-order valence-corrected chi connectivity index (χ3v) is 16.9. The van der Waals surface area contributed by atoms with Crippen molar-refractivity contribution in [3.05, 3.63) is 0 Å². The molecule has 8 bridgehead atoms. The number of rotatable bonds is 25. The van der Waals surface area contributed by atoms with Crippen molar-refractivity contribution in [1.82, 2.24) is 119 Å². The predicted octanol–water partition coefficient (Wildman–Crippen LogP) is -2.03. The number of fused-ring (bicyclic) bond motifs is 11. The zero-order valence-corrected chi connectivity index (χ0v) is 68.3. The minimum atomic E-state index is 0.565. The van der Waals surface area contributed by atoms with Crippen LogP contribution >= 0.6 is 0 Å². The Labute approximate surface area is 609 Å². The van der Waals surface area contributed by atoms with E-state index in [4.69, 9.17) is 28.4 Å². The van der Waals surface area contributed by atoms with Gasteiger partial charge in [0.05, 0.1) is 173 Å². The molecule has 0 unspecified atom stereocenters. The molecule has 10 saturated heterocycles. The van der Waals surface area contributed by atoms with E-state index in [0.29, 0.717) is 79.4 Å². The summed E-state index contributed by atoms with van der Waals surface area (Å²) in [4.78, 5) is 49.1. The molecule has 10 aliphatic heterocycles. The van der Waals surface area contributed by atoms with Gasteiger partial charge >= 0.3 is 0 Å². The minimum Gasteiger partial charge on any atom is -0.378 e. The van der Waals surface area contributed by atoms with Crippen LogP contribution in [-0.2, 0) is 28.4 Å². The Kier molecular flexibility index (Phi) is 60.9. The van der Waals surface area contributed by atoms with Crippen molar-refractivity contribution in [1.29, 1.82) is 0 Å². The molecule has 0 aliphatic carbocycles. The first-order valence-electron chi connectivity index (χ1n) is 37.5. The van der Waals surface area contributed by atoms with E-state index in [0.717, 1.165) is 158 Å². The summed E-state index contributed by atoms with van der Waals surface area (Å²) in [7, 11) is 37.3. The number of hydrogen-bond acceptors (Lipinski definition) is 30. The van der Waals surface area contributed by atoms with Gasteiger partial charge in [-0.15, -0.1) is 0 Å². The zero-order valence-electron chi connectivity index (χ0n) is 68.3. The van der Waals surface area contributed by atoms with Crippen LogP contribution in [0.1, 0.15) is 20.8 Å². The number of ether oxygens (including phenoxy) is 6. The number of likely N-dealkylation sites (N-methyl/N-ethyl adjacent to an activating group) is 5. The fourth-order valence-electron chi connectivity index (χ4n) is 12.0. The summed E-state index contributed by atoms with van der Waals surface area (Å²) >= 11 is 0. The van der Waals surface area contributed by atoms with E-state index in [1.165, 1.54) is 79.3 Å². The van der Waals surface area contributed by atoms with Gasteiger partial charge in [-0.1, -0.05) is 20.8 Å². The summed E-state index contributed by atoms with van der Waals surface area (Å²) in [6.07, 6.45) is 0. The van der Waals surface area contributed by atoms with Crippen LogP contribution in [0, 0.1) is 0 Å². The lowest BCUT2D eigenvalue weighted by atomic mass is 10.2. The average molecular weight is 1420 g/mol. The molecule has 10 aliphatic rings. The highest BCUT2D eigenvalue weighted by Gasteiger charge is 2.36. The van der Waals surface area contributed by atoms with Crippen LogP contribution in [0.4, 0.5) is 0 Å². The summed E-state index contributed by atoms with van der Waals surface area (Å²) < 4.78 is 34.1. The lowest BCUT2D eigenvalue weighted by Gasteiger charge is -2.56. The SMILES string of the molecule is C1CN2CCN1CC2.C1COCCN2CCOCCOCCN(CCO1)CCOCCOC2.C1N2CN3CN1CN(C2)C3.CCN1CN(CC)CN(CC)C1.CN(C)CCN(C)C.CN(C)CN(C)CN(C)C.CN(C)CN(C)CN(C)CN(C)C.CNCCN(CCNC)CCNC. The molecule has 10 fully saturated rings. The Morgan fingerprint density at radius 3 is 0.727 bits per heavy atom. The van der Waals surface area contributed by atoms with Crippen LogP contribution < -0.4 is 16.0 Å². The van der Waals surface area contributed by atoms with E-state index in [-0.39, 0.29) is 0 Å². The molecule has 0 radical (unpaired) electrons. The zero-order chi connectivity index (χ0) is 73.4. The second-order valence-electron chi connectivity index (χ2n) is 29.0. The fourth-order valence-corrected chi connectivity index (χ4v) is 12.0. The Balaban J connectivity index is 0.000000584. The lowest BCUT2D eigenvalue weighted by molar-refractivity contribution is -0.194. The van der Waals surface area contributed by atoms with Gasteiger partial charge in [-0.05, 0) is 146 Å². The van der Waals surface area contributed by atoms with Crippen molar-refractivity contribution in [3.63, 3.8) is 0 Å². The largest absolute Gasteiger partial charge is 0.378 e. The summed E-state index contributed by atoms with van der Waals surface area (Å²) in [5.74, 6) is 0. The van der Waals surface area contributed by atoms with Gasteiger partial charge in [-0.2, -0.15) is 0 Å². The number of nitrogens with zero attached hydrogens (tertiary/aromatic N) is 21. The van der Waals surface area contributed by atoms with E-state index in [9.17, 15) is 0 Å². The van der Waals surface area contributed by atoms with Gasteiger partial charge in [0.2, 0.25) is 0 Å². The maximum absolute atomic E-state index is 5.72. The monoisotopic (exact) mass is 1420 g/mol. The Morgan fingerprint density at radius 1 is 0.253 bits per heavy atom. The van der Waals surface area contributed by atoms with Gasteiger partial charge in [0.15, 0.2) is 0 Å². The molecule has 10 heterocycles. The fraction of sp³-hybridized carbons (Fsp3) is 1.00. The highest BCUT2D eigenvalue weighted by Crippen LogP contribution is 2.20. The second-order valence-corrected chi connectivity index (χ2v) is 29.0. The molecule has 3 N–H and O–H groups in total. The van der Waals surface area contributed by atoms with Crippen molar-refractivity contribution < 1.29 is 28.4 Å². The van der Waals surface area contributed by atoms with E-state index in [1.54, 1.807) is 0 Å². The van der Waals surface area contributed by atoms with Gasteiger partial charge in [0, 0.05) is 124 Å². The second kappa shape index (κ2) is 62.9. The Bertz CT molecular complexity index is 1540. The highest BCUT2D eigenvalue weighted by molar-refractivity contribution is 4.81. The topological polar surface area (TPSA) is 160 Å². The van der Waals surface area contributed by atoms with E-state index < -0.39 is 0 Å². The maximum Gasteiger partial charge on any atom is 0.0992 e. The predicted molar refractivity (Wildman–Crippen MR) is 412 cm³/mol. The minimum absolute atomic E-state index is 0.565. The summed E-state index contributed by atoms with van der Waals surface area (Å²) in [5, 5.41) is 9.51. The van der Waals surface area contributed by atoms with Crippen molar-refractivity contribution in [2.45, 2.75) is 20.8 Å². The third kappa shape index (κ3) is 55.9. The van der Waals surface area contributed by atoms with Crippen LogP contribution in [-0.4, -0.2) is 547 Å². The van der Waals surface area contributed by atoms with Crippen LogP contribution in [0.5, 0.6) is 0 Å². The first-order valence-corrected chi connectivity index (χ1v) is 37.5. The van der Waals surface area contributed by atoms with Gasteiger partial charge in [0.1, 0.15) is 0 Å². The summed E-state index contributed by atoms with van der Waals surface area (Å²) in [6, 6.07) is 0. The normalized spacial score (nSPS) is 25.2. The molecule has 0 spiro atoms. The lowest BCUT2D eigenvalue weighted by Crippen LogP contribution is -2.71. The summed E-state index contributed by atoms with van der Waals surface area (Å²) in [5.41, 5.74) is 0. The molecule has 0 atom stereocenters. The molecule has 0 saturated carbocycles. The maximum atomic E-state index is 5.72. The van der Waals surface area contributed by atoms with Crippen LogP contribution in [0.3, 0.4) is 0 Å². The van der Waals surface area contributed by atoms with E-state index in [1.807, 2.05) is 21.1 Å². The number of hydrogen-bond donors (Lipinski definition) is 3. The molecule has 30 nitrogen and oxygen atoms in total. The van der Waals surface area contributed by atoms with Crippen LogP contribution in [0.2, 0.25) is 0 Å². The van der Waals surface area contributed by atoms with Crippen LogP contribution in [0.15, 0.2) is 0 Å². The molecule has 30 heteroatoms. The Hall–Kier alpha value is -1.20. The molecular weight excluding hydrogens is 1260 g/mol. The molecule has 594 valence electrons. The van der Waals surface area contributed by atoms with Gasteiger partial charge in [0.25, 0.3) is 0 Å². The molecule has 0 aromatic rings. The Morgan fingerprint density at radius 2 is 0.495 bits per heavy atom. The molecular formula is C69H162N24O6. The number of nitrogens with one attached hydrogen (secondary N) is 3. The van der Waals surface area contributed by atoms with Gasteiger partial charge in [-0.25, -0.2) is 0 Å². The highest BCUT2D eigenvalue weighted by atomic mass is 16.5. The molecule has 0 aromatic carbocycles. The summed E-state index contributed by atoms with van der Waals surface area (Å²) in [6.45, 7) is 54.4. The smallest absolute Gasteiger partial charge is 0.0992 e. The average Bonchev–Trinajstić information content (AvgIpc) is 0.797. The quantitative estimate of drug-likeness (QED) is 0.0679. The first-order chi connectivity index (χ1) is 47.5. The van der Waals surface area contributed by atoms with E-state index >= 15 is 0 Å². The van der Waals surface area contributed by atoms with Gasteiger partial charge in [-0.3, -0.25) is 93.1 Å². The van der Waals surface area contributed by atoms with Crippen LogP contribution in [0.25, 0.3) is 0 Å². The van der Waals surface area contributed by atoms with Gasteiger partial charge < -0.3 is 54.2 Å². The van der Waals surface area contributed by atoms with Crippen molar-refractivity contribution in [2.75, 3.05) is 444 Å². The third-order valence-electron chi connectivity index (χ3n) is 16.9. The standard InChI is InChI=1S/C17H34N2O6.2C9H24N4.C9H21N3.C7H19N3.C6H12N4.C6H12N2.C6H16N2/c1-6-20-11-13-23-9-4-19-5-10-24-14-12-21-7-2-18(1)3-8-22-15-16-25-17-19;1-10(2)7-12(5)9-13(6)8-11(3)4;1-10-4-7-13(8-5-11-2)9-6-12-3;1-4-10-7-11(5-2)9-12(6-3)8-10;1-8(2)6-10(5)7-9(3)4;1-7-2-9-4-8(1)5-10(3-7)6-9;1-2-8-5-3-7(1)4-6-8;1-7(2)5-6-8(3)4/h1-17H2;7-9H2,1-6H3;10-12H,4-9H2,1-3H3;4-9H2,1-3H3;6-7H2,1-5H3;1-6H2;1-6H2;5-6H2,1-4H3. The molecule has 10 rings (SSSR count).